The molecule has 166 valence electrons. The summed E-state index contributed by atoms with van der Waals surface area (Å²) in [5.41, 5.74) is 0.380. The van der Waals surface area contributed by atoms with E-state index in [9.17, 15) is 14.4 Å². The minimum atomic E-state index is -0.697. The number of amides is 1. The Morgan fingerprint density at radius 1 is 1.16 bits per heavy atom. The van der Waals surface area contributed by atoms with E-state index < -0.39 is 17.2 Å². The number of rotatable bonds is 6. The predicted octanol–water partition coefficient (Wildman–Crippen LogP) is 3.04. The molecule has 3 heterocycles. The molecule has 0 saturated heterocycles. The van der Waals surface area contributed by atoms with Gasteiger partial charge in [0.25, 0.3) is 5.91 Å². The SMILES string of the molecule is CC(C)[C@H](NC(=O)c1ccco1)c1nc(-c2ccc3c(c2)[nH]c(=O)c(=O)n3C(C)C)no1. The van der Waals surface area contributed by atoms with Gasteiger partial charge in [-0.05, 0) is 50.1 Å². The number of H-pyrrole nitrogens is 1. The summed E-state index contributed by atoms with van der Waals surface area (Å²) in [6.45, 7) is 7.51. The van der Waals surface area contributed by atoms with Crippen LogP contribution in [0.2, 0.25) is 0 Å². The zero-order valence-electron chi connectivity index (χ0n) is 18.1. The number of nitrogens with zero attached hydrogens (tertiary/aromatic N) is 3. The number of aromatic amines is 1. The van der Waals surface area contributed by atoms with Crippen molar-refractivity contribution in [3.63, 3.8) is 0 Å². The Bertz CT molecular complexity index is 1380. The molecule has 0 aliphatic heterocycles. The van der Waals surface area contributed by atoms with Crippen LogP contribution in [-0.4, -0.2) is 25.6 Å². The average molecular weight is 437 g/mol. The second-order valence-corrected chi connectivity index (χ2v) is 8.08. The van der Waals surface area contributed by atoms with E-state index >= 15 is 0 Å². The fourth-order valence-corrected chi connectivity index (χ4v) is 3.51. The maximum absolute atomic E-state index is 12.4. The smallest absolute Gasteiger partial charge is 0.316 e. The van der Waals surface area contributed by atoms with E-state index in [0.29, 0.717) is 22.4 Å². The first-order valence-corrected chi connectivity index (χ1v) is 10.2. The van der Waals surface area contributed by atoms with Crippen LogP contribution in [0.15, 0.2) is 55.1 Å². The van der Waals surface area contributed by atoms with Gasteiger partial charge in [-0.3, -0.25) is 19.0 Å². The number of hydrogen-bond acceptors (Lipinski definition) is 7. The molecule has 4 aromatic rings. The minimum absolute atomic E-state index is 0.0318. The van der Waals surface area contributed by atoms with Gasteiger partial charge in [-0.2, -0.15) is 4.98 Å². The van der Waals surface area contributed by atoms with Crippen molar-refractivity contribution in [2.45, 2.75) is 39.8 Å². The van der Waals surface area contributed by atoms with E-state index in [1.807, 2.05) is 27.7 Å². The van der Waals surface area contributed by atoms with Crippen LogP contribution in [0, 0.1) is 5.92 Å². The van der Waals surface area contributed by atoms with Gasteiger partial charge in [-0.25, -0.2) is 0 Å². The van der Waals surface area contributed by atoms with E-state index in [4.69, 9.17) is 8.94 Å². The van der Waals surface area contributed by atoms with Crippen molar-refractivity contribution in [2.75, 3.05) is 0 Å². The maximum atomic E-state index is 12.4. The number of aromatic nitrogens is 4. The average Bonchev–Trinajstić information content (AvgIpc) is 3.44. The van der Waals surface area contributed by atoms with Gasteiger partial charge in [-0.1, -0.05) is 19.0 Å². The highest BCUT2D eigenvalue weighted by molar-refractivity contribution is 5.91. The number of hydrogen-bond donors (Lipinski definition) is 2. The molecule has 0 radical (unpaired) electrons. The molecular weight excluding hydrogens is 414 g/mol. The first kappa shape index (κ1) is 21.3. The topological polar surface area (TPSA) is 136 Å². The molecule has 0 saturated carbocycles. The van der Waals surface area contributed by atoms with Gasteiger partial charge in [0.05, 0.1) is 17.3 Å². The van der Waals surface area contributed by atoms with Crippen LogP contribution in [0.5, 0.6) is 0 Å². The molecule has 10 heteroatoms. The van der Waals surface area contributed by atoms with Crippen molar-refractivity contribution < 1.29 is 13.7 Å². The van der Waals surface area contributed by atoms with Gasteiger partial charge in [-0.15, -0.1) is 0 Å². The van der Waals surface area contributed by atoms with Crippen LogP contribution < -0.4 is 16.4 Å². The summed E-state index contributed by atoms with van der Waals surface area (Å²) in [5.74, 6) is 0.308. The lowest BCUT2D eigenvalue weighted by Gasteiger charge is -2.17. The lowest BCUT2D eigenvalue weighted by molar-refractivity contribution is 0.0885. The quantitative estimate of drug-likeness (QED) is 0.442. The fourth-order valence-electron chi connectivity index (χ4n) is 3.51. The van der Waals surface area contributed by atoms with E-state index in [1.165, 1.54) is 10.8 Å². The molecular formula is C22H23N5O5. The Balaban J connectivity index is 1.69. The lowest BCUT2D eigenvalue weighted by Crippen LogP contribution is -2.37. The molecule has 4 rings (SSSR count). The van der Waals surface area contributed by atoms with Crippen molar-refractivity contribution in [3.05, 3.63) is 69.0 Å². The van der Waals surface area contributed by atoms with Gasteiger partial charge in [0, 0.05) is 11.6 Å². The Morgan fingerprint density at radius 2 is 1.94 bits per heavy atom. The number of fused-ring (bicyclic) bond motifs is 1. The number of nitrogens with one attached hydrogen (secondary N) is 2. The molecule has 2 N–H and O–H groups in total. The minimum Gasteiger partial charge on any atom is -0.459 e. The monoisotopic (exact) mass is 437 g/mol. The van der Waals surface area contributed by atoms with Crippen LogP contribution in [0.25, 0.3) is 22.4 Å². The summed E-state index contributed by atoms with van der Waals surface area (Å²) in [5, 5.41) is 6.89. The molecule has 1 atom stereocenters. The highest BCUT2D eigenvalue weighted by Crippen LogP contribution is 2.26. The third-order valence-electron chi connectivity index (χ3n) is 5.10. The Morgan fingerprint density at radius 3 is 2.59 bits per heavy atom. The Kier molecular flexibility index (Phi) is 5.52. The van der Waals surface area contributed by atoms with Crippen molar-refractivity contribution >= 4 is 16.9 Å². The Labute approximate surface area is 182 Å². The number of carbonyl (C=O) groups excluding carboxylic acids is 1. The molecule has 0 bridgehead atoms. The van der Waals surface area contributed by atoms with Crippen LogP contribution in [-0.2, 0) is 0 Å². The summed E-state index contributed by atoms with van der Waals surface area (Å²) in [7, 11) is 0. The zero-order valence-corrected chi connectivity index (χ0v) is 18.1. The van der Waals surface area contributed by atoms with Gasteiger partial charge < -0.3 is 19.2 Å². The maximum Gasteiger partial charge on any atom is 0.316 e. The van der Waals surface area contributed by atoms with E-state index in [-0.39, 0.29) is 29.5 Å². The van der Waals surface area contributed by atoms with Crippen LogP contribution >= 0.6 is 0 Å². The molecule has 0 aliphatic rings. The number of furan rings is 1. The molecule has 1 aromatic carbocycles. The van der Waals surface area contributed by atoms with Crippen molar-refractivity contribution in [1.82, 2.24) is 25.0 Å². The molecule has 0 unspecified atom stereocenters. The van der Waals surface area contributed by atoms with Crippen molar-refractivity contribution in [2.24, 2.45) is 5.92 Å². The van der Waals surface area contributed by atoms with Gasteiger partial charge in [0.2, 0.25) is 11.7 Å². The molecule has 3 aromatic heterocycles. The molecule has 0 aliphatic carbocycles. The molecule has 10 nitrogen and oxygen atoms in total. The molecule has 0 spiro atoms. The molecule has 0 fully saturated rings. The van der Waals surface area contributed by atoms with Crippen LogP contribution in [0.3, 0.4) is 0 Å². The van der Waals surface area contributed by atoms with E-state index in [0.717, 1.165) is 0 Å². The fraction of sp³-hybridized carbons (Fsp3) is 0.318. The molecule has 32 heavy (non-hydrogen) atoms. The van der Waals surface area contributed by atoms with Crippen LogP contribution in [0.4, 0.5) is 0 Å². The van der Waals surface area contributed by atoms with Crippen molar-refractivity contribution in [3.8, 4) is 11.4 Å². The molecule has 1 amide bonds. The lowest BCUT2D eigenvalue weighted by atomic mass is 10.0. The van der Waals surface area contributed by atoms with Crippen LogP contribution in [0.1, 0.15) is 56.2 Å². The number of carbonyl (C=O) groups is 1. The Hall–Kier alpha value is -3.95. The largest absolute Gasteiger partial charge is 0.459 e. The third-order valence-corrected chi connectivity index (χ3v) is 5.10. The van der Waals surface area contributed by atoms with Gasteiger partial charge in [0.1, 0.15) is 6.04 Å². The zero-order chi connectivity index (χ0) is 23.0. The van der Waals surface area contributed by atoms with E-state index in [2.05, 4.69) is 20.4 Å². The first-order valence-electron chi connectivity index (χ1n) is 10.2. The van der Waals surface area contributed by atoms with Crippen molar-refractivity contribution in [1.29, 1.82) is 0 Å². The first-order chi connectivity index (χ1) is 15.3. The summed E-state index contributed by atoms with van der Waals surface area (Å²) < 4.78 is 12.0. The third kappa shape index (κ3) is 3.86. The highest BCUT2D eigenvalue weighted by atomic mass is 16.5. The number of benzene rings is 1. The van der Waals surface area contributed by atoms with E-state index in [1.54, 1.807) is 30.3 Å². The summed E-state index contributed by atoms with van der Waals surface area (Å²) >= 11 is 0. The summed E-state index contributed by atoms with van der Waals surface area (Å²) in [6, 6.07) is 7.66. The second-order valence-electron chi connectivity index (χ2n) is 8.08. The predicted molar refractivity (Wildman–Crippen MR) is 116 cm³/mol. The van der Waals surface area contributed by atoms with Gasteiger partial charge in [0.15, 0.2) is 5.76 Å². The standard InChI is InChI=1S/C22H23N5O5/c1-11(2)17(24-19(28)16-6-5-9-31-16)21-25-18(26-32-21)13-7-8-15-14(10-13)23-20(29)22(30)27(15)12(3)4/h5-12,17H,1-4H3,(H,23,29)(H,24,28)/t17-/m0/s1. The second kappa shape index (κ2) is 8.29. The normalized spacial score (nSPS) is 12.6. The van der Waals surface area contributed by atoms with Gasteiger partial charge >= 0.3 is 11.1 Å². The highest BCUT2D eigenvalue weighted by Gasteiger charge is 2.26. The summed E-state index contributed by atoms with van der Waals surface area (Å²) in [6.07, 6.45) is 1.42. The summed E-state index contributed by atoms with van der Waals surface area (Å²) in [4.78, 5) is 43.8.